The van der Waals surface area contributed by atoms with Crippen molar-refractivity contribution in [1.29, 1.82) is 0 Å². The second-order valence-corrected chi connectivity index (χ2v) is 8.40. The molecule has 1 amide bonds. The van der Waals surface area contributed by atoms with Crippen LogP contribution in [0.25, 0.3) is 17.0 Å². The maximum absolute atomic E-state index is 12.8. The highest BCUT2D eigenvalue weighted by Crippen LogP contribution is 2.43. The molecule has 2 heterocycles. The van der Waals surface area contributed by atoms with Gasteiger partial charge in [0, 0.05) is 28.0 Å². The van der Waals surface area contributed by atoms with Crippen LogP contribution in [-0.4, -0.2) is 61.5 Å². The number of methoxy groups -OCH3 is 1. The summed E-state index contributed by atoms with van der Waals surface area (Å²) in [6.45, 7) is 1.42. The molecule has 0 bridgehead atoms. The fraction of sp³-hybridized carbons (Fsp3) is 0.292. The summed E-state index contributed by atoms with van der Waals surface area (Å²) in [6.07, 6.45) is 1.13. The number of aromatic nitrogens is 1. The first-order valence-electron chi connectivity index (χ1n) is 10.5. The third kappa shape index (κ3) is 5.08. The molecule has 0 aliphatic carbocycles. The van der Waals surface area contributed by atoms with E-state index in [1.54, 1.807) is 42.5 Å². The van der Waals surface area contributed by atoms with Crippen molar-refractivity contribution in [2.75, 3.05) is 34.4 Å². The molecule has 0 saturated carbocycles. The molecule has 2 aromatic carbocycles. The number of benzene rings is 2. The molecule has 3 N–H and O–H groups in total. The molecule has 0 saturated heterocycles. The number of hydrogen-bond donors (Lipinski definition) is 3. The van der Waals surface area contributed by atoms with Crippen LogP contribution in [0.4, 0.5) is 0 Å². The molecule has 1 aromatic heterocycles. The Hall–Kier alpha value is -3.20. The molecular weight excluding hydrogens is 446 g/mol. The highest BCUT2D eigenvalue weighted by molar-refractivity contribution is 6.31. The number of aromatic amines is 1. The van der Waals surface area contributed by atoms with E-state index in [2.05, 4.69) is 15.2 Å². The van der Waals surface area contributed by atoms with Crippen molar-refractivity contribution >= 4 is 34.5 Å². The molecule has 174 valence electrons. The zero-order valence-corrected chi connectivity index (χ0v) is 19.4. The number of H-pyrrole nitrogens is 1. The van der Waals surface area contributed by atoms with Gasteiger partial charge in [-0.1, -0.05) is 11.6 Å². The van der Waals surface area contributed by atoms with E-state index >= 15 is 0 Å². The predicted molar refractivity (Wildman–Crippen MR) is 127 cm³/mol. The van der Waals surface area contributed by atoms with Gasteiger partial charge in [-0.25, -0.2) is 0 Å². The Labute approximate surface area is 196 Å². The lowest BCUT2D eigenvalue weighted by Gasteiger charge is -2.26. The number of halogens is 1. The smallest absolute Gasteiger partial charge is 0.272 e. The summed E-state index contributed by atoms with van der Waals surface area (Å²) in [4.78, 5) is 17.9. The van der Waals surface area contributed by atoms with Crippen LogP contribution < -0.4 is 19.5 Å². The first-order valence-corrected chi connectivity index (χ1v) is 10.9. The van der Waals surface area contributed by atoms with Crippen LogP contribution in [0.5, 0.6) is 17.2 Å². The van der Waals surface area contributed by atoms with Gasteiger partial charge < -0.3 is 34.5 Å². The van der Waals surface area contributed by atoms with Gasteiger partial charge in [-0.05, 0) is 63.0 Å². The van der Waals surface area contributed by atoms with Gasteiger partial charge in [0.2, 0.25) is 12.0 Å². The highest BCUT2D eigenvalue weighted by Gasteiger charge is 2.27. The monoisotopic (exact) mass is 471 g/mol. The van der Waals surface area contributed by atoms with Crippen LogP contribution in [0.15, 0.2) is 42.1 Å². The number of aliphatic hydroxyl groups excluding tert-OH is 1. The molecule has 4 rings (SSSR count). The molecule has 1 atom stereocenters. The van der Waals surface area contributed by atoms with E-state index in [0.717, 1.165) is 23.9 Å². The Morgan fingerprint density at radius 1 is 1.27 bits per heavy atom. The van der Waals surface area contributed by atoms with Gasteiger partial charge in [0.25, 0.3) is 5.91 Å². The molecule has 1 aliphatic rings. The lowest BCUT2D eigenvalue weighted by Crippen LogP contribution is -2.34. The molecule has 0 spiro atoms. The quantitative estimate of drug-likeness (QED) is 0.434. The second kappa shape index (κ2) is 9.74. The largest absolute Gasteiger partial charge is 0.490 e. The number of carbonyl (C=O) groups is 1. The van der Waals surface area contributed by atoms with Crippen molar-refractivity contribution in [3.63, 3.8) is 0 Å². The van der Waals surface area contributed by atoms with Crippen molar-refractivity contribution < 1.29 is 24.1 Å². The van der Waals surface area contributed by atoms with Crippen LogP contribution in [0.2, 0.25) is 5.02 Å². The minimum absolute atomic E-state index is 0.214. The van der Waals surface area contributed by atoms with Gasteiger partial charge in [0.05, 0.1) is 19.4 Å². The normalized spacial score (nSPS) is 15.1. The third-order valence-corrected chi connectivity index (χ3v) is 5.44. The minimum Gasteiger partial charge on any atom is -0.490 e. The molecule has 8 nitrogen and oxygen atoms in total. The average molecular weight is 472 g/mol. The van der Waals surface area contributed by atoms with Crippen molar-refractivity contribution in [3.8, 4) is 17.2 Å². The summed E-state index contributed by atoms with van der Waals surface area (Å²) < 4.78 is 17.0. The molecule has 0 fully saturated rings. The van der Waals surface area contributed by atoms with Gasteiger partial charge >= 0.3 is 0 Å². The fourth-order valence-electron chi connectivity index (χ4n) is 3.60. The zero-order chi connectivity index (χ0) is 23.5. The lowest BCUT2D eigenvalue weighted by molar-refractivity contribution is 0.00543. The Morgan fingerprint density at radius 2 is 2.09 bits per heavy atom. The van der Waals surface area contributed by atoms with E-state index in [4.69, 9.17) is 25.8 Å². The summed E-state index contributed by atoms with van der Waals surface area (Å²) in [7, 11) is 5.53. The first kappa shape index (κ1) is 23.0. The average Bonchev–Trinajstić information content (AvgIpc) is 3.20. The standard InChI is InChI=1S/C24H26ClN3O5/c1-28(2)9-4-10-32-20-8-5-14-12-19(24(30)33-21(14)22(20)31-3)27-23(29)18-13-15-11-16(25)6-7-17(15)26-18/h5-8,11-13,24,26,30H,4,9-10H2,1-3H3,(H,27,29). The van der Waals surface area contributed by atoms with E-state index in [-0.39, 0.29) is 5.70 Å². The maximum Gasteiger partial charge on any atom is 0.272 e. The number of hydrogen-bond acceptors (Lipinski definition) is 6. The topological polar surface area (TPSA) is 96.1 Å². The summed E-state index contributed by atoms with van der Waals surface area (Å²) >= 11 is 6.02. The highest BCUT2D eigenvalue weighted by atomic mass is 35.5. The van der Waals surface area contributed by atoms with Crippen LogP contribution in [-0.2, 0) is 0 Å². The summed E-state index contributed by atoms with van der Waals surface area (Å²) in [5, 5.41) is 14.6. The second-order valence-electron chi connectivity index (χ2n) is 7.96. The summed E-state index contributed by atoms with van der Waals surface area (Å²) in [5.74, 6) is 0.867. The van der Waals surface area contributed by atoms with E-state index in [9.17, 15) is 9.90 Å². The Balaban J connectivity index is 1.52. The molecule has 0 radical (unpaired) electrons. The number of amides is 1. The van der Waals surface area contributed by atoms with Gasteiger partial charge in [-0.15, -0.1) is 0 Å². The van der Waals surface area contributed by atoms with Crippen LogP contribution in [0.3, 0.4) is 0 Å². The van der Waals surface area contributed by atoms with Crippen molar-refractivity contribution in [2.45, 2.75) is 12.7 Å². The van der Waals surface area contributed by atoms with Crippen LogP contribution >= 0.6 is 11.6 Å². The molecule has 3 aromatic rings. The summed E-state index contributed by atoms with van der Waals surface area (Å²) in [6, 6.07) is 10.6. The number of carbonyl (C=O) groups excluding carboxylic acids is 1. The zero-order valence-electron chi connectivity index (χ0n) is 18.6. The predicted octanol–water partition coefficient (Wildman–Crippen LogP) is 3.64. The number of nitrogens with zero attached hydrogens (tertiary/aromatic N) is 1. The molecule has 1 aliphatic heterocycles. The molecule has 1 unspecified atom stereocenters. The van der Waals surface area contributed by atoms with Crippen molar-refractivity contribution in [2.24, 2.45) is 0 Å². The number of ether oxygens (including phenoxy) is 3. The Morgan fingerprint density at radius 3 is 2.85 bits per heavy atom. The van der Waals surface area contributed by atoms with Crippen LogP contribution in [0.1, 0.15) is 22.5 Å². The van der Waals surface area contributed by atoms with Gasteiger partial charge in [0.1, 0.15) is 5.69 Å². The molecule has 33 heavy (non-hydrogen) atoms. The van der Waals surface area contributed by atoms with E-state index < -0.39 is 12.2 Å². The van der Waals surface area contributed by atoms with E-state index in [0.29, 0.717) is 40.1 Å². The van der Waals surface area contributed by atoms with E-state index in [1.807, 2.05) is 14.1 Å². The van der Waals surface area contributed by atoms with Crippen LogP contribution in [0, 0.1) is 0 Å². The Kier molecular flexibility index (Phi) is 6.78. The molecular formula is C24H26ClN3O5. The number of nitrogens with one attached hydrogen (secondary N) is 2. The van der Waals surface area contributed by atoms with Gasteiger partial charge in [0.15, 0.2) is 11.5 Å². The van der Waals surface area contributed by atoms with Crippen molar-refractivity contribution in [1.82, 2.24) is 15.2 Å². The number of rotatable bonds is 8. The Bertz CT molecular complexity index is 1200. The molecule has 9 heteroatoms. The maximum atomic E-state index is 12.8. The number of fused-ring (bicyclic) bond motifs is 2. The fourth-order valence-corrected chi connectivity index (χ4v) is 3.78. The van der Waals surface area contributed by atoms with Gasteiger partial charge in [-0.3, -0.25) is 4.79 Å². The SMILES string of the molecule is COc1c(OCCCN(C)C)ccc2c1OC(O)C(NC(=O)c1cc3cc(Cl)ccc3[nH]1)=C2. The van der Waals surface area contributed by atoms with E-state index in [1.165, 1.54) is 7.11 Å². The summed E-state index contributed by atoms with van der Waals surface area (Å²) in [5.41, 5.74) is 1.99. The first-order chi connectivity index (χ1) is 15.9. The third-order valence-electron chi connectivity index (χ3n) is 5.21. The number of aliphatic hydroxyl groups is 1. The van der Waals surface area contributed by atoms with Crippen molar-refractivity contribution in [3.05, 3.63) is 58.4 Å². The minimum atomic E-state index is -1.38. The lowest BCUT2D eigenvalue weighted by atomic mass is 10.1. The van der Waals surface area contributed by atoms with Gasteiger partial charge in [-0.2, -0.15) is 0 Å².